The van der Waals surface area contributed by atoms with Gasteiger partial charge < -0.3 is 18.6 Å². The number of benzene rings is 1. The first-order valence-electron chi connectivity index (χ1n) is 6.76. The third-order valence-corrected chi connectivity index (χ3v) is 3.43. The number of ether oxygens (including phenoxy) is 3. The zero-order chi connectivity index (χ0) is 17.0. The minimum atomic E-state index is -1.16. The summed E-state index contributed by atoms with van der Waals surface area (Å²) in [7, 11) is 3.86. The highest BCUT2D eigenvalue weighted by atomic mass is 16.5. The Morgan fingerprint density at radius 1 is 1.09 bits per heavy atom. The summed E-state index contributed by atoms with van der Waals surface area (Å²) in [4.78, 5) is 35.3. The minimum Gasteiger partial charge on any atom is -0.497 e. The van der Waals surface area contributed by atoms with Gasteiger partial charge in [0.1, 0.15) is 11.3 Å². The van der Waals surface area contributed by atoms with E-state index in [9.17, 15) is 14.4 Å². The van der Waals surface area contributed by atoms with Gasteiger partial charge in [0.15, 0.2) is 5.92 Å². The van der Waals surface area contributed by atoms with Gasteiger partial charge in [0.05, 0.1) is 21.3 Å². The quantitative estimate of drug-likeness (QED) is 0.466. The van der Waals surface area contributed by atoms with Crippen LogP contribution in [0.5, 0.6) is 5.75 Å². The van der Waals surface area contributed by atoms with E-state index >= 15 is 0 Å². The Morgan fingerprint density at radius 2 is 1.74 bits per heavy atom. The first kappa shape index (κ1) is 16.5. The van der Waals surface area contributed by atoms with E-state index in [4.69, 9.17) is 9.15 Å². The van der Waals surface area contributed by atoms with Gasteiger partial charge >= 0.3 is 17.6 Å². The molecular weight excluding hydrogens is 304 g/mol. The molecule has 0 aliphatic carbocycles. The minimum absolute atomic E-state index is 0.0340. The Morgan fingerprint density at radius 3 is 2.30 bits per heavy atom. The average molecular weight is 320 g/mol. The zero-order valence-corrected chi connectivity index (χ0v) is 13.0. The van der Waals surface area contributed by atoms with Crippen molar-refractivity contribution in [3.63, 3.8) is 0 Å². The number of hydrogen-bond donors (Lipinski definition) is 0. The van der Waals surface area contributed by atoms with Crippen LogP contribution >= 0.6 is 0 Å². The van der Waals surface area contributed by atoms with E-state index in [-0.39, 0.29) is 6.42 Å². The van der Waals surface area contributed by atoms with E-state index in [1.165, 1.54) is 27.4 Å². The number of esters is 2. The Kier molecular flexibility index (Phi) is 5.00. The lowest BCUT2D eigenvalue weighted by molar-refractivity contribution is -0.158. The van der Waals surface area contributed by atoms with Crippen molar-refractivity contribution >= 4 is 22.9 Å². The summed E-state index contributed by atoms with van der Waals surface area (Å²) in [6.45, 7) is 0. The molecule has 7 nitrogen and oxygen atoms in total. The van der Waals surface area contributed by atoms with Gasteiger partial charge in [0.25, 0.3) is 0 Å². The van der Waals surface area contributed by atoms with Crippen molar-refractivity contribution in [2.75, 3.05) is 21.3 Å². The average Bonchev–Trinajstić information content (AvgIpc) is 2.57. The molecule has 2 rings (SSSR count). The molecule has 0 fully saturated rings. The number of carbonyl (C=O) groups is 2. The Hall–Kier alpha value is -2.83. The van der Waals surface area contributed by atoms with Crippen LogP contribution in [0, 0.1) is 5.92 Å². The molecule has 1 heterocycles. The van der Waals surface area contributed by atoms with Gasteiger partial charge in [-0.15, -0.1) is 0 Å². The zero-order valence-electron chi connectivity index (χ0n) is 13.0. The Balaban J connectivity index is 2.51. The molecule has 0 amide bonds. The van der Waals surface area contributed by atoms with Gasteiger partial charge in [-0.1, -0.05) is 0 Å². The number of hydrogen-bond acceptors (Lipinski definition) is 7. The van der Waals surface area contributed by atoms with Crippen molar-refractivity contribution in [3.8, 4) is 5.75 Å². The molecular formula is C16H16O7. The fraction of sp³-hybridized carbons (Fsp3) is 0.312. The monoisotopic (exact) mass is 320 g/mol. The van der Waals surface area contributed by atoms with Gasteiger partial charge in [0, 0.05) is 17.5 Å². The summed E-state index contributed by atoms with van der Waals surface area (Å²) in [6, 6.07) is 6.19. The maximum atomic E-state index is 11.8. The van der Waals surface area contributed by atoms with Crippen LogP contribution in [0.3, 0.4) is 0 Å². The third-order valence-electron chi connectivity index (χ3n) is 3.43. The van der Waals surface area contributed by atoms with Crippen LogP contribution < -0.4 is 10.4 Å². The third kappa shape index (κ3) is 3.50. The molecule has 0 N–H and O–H groups in total. The summed E-state index contributed by atoms with van der Waals surface area (Å²) >= 11 is 0. The largest absolute Gasteiger partial charge is 0.497 e. The van der Waals surface area contributed by atoms with Crippen LogP contribution in [0.4, 0.5) is 0 Å². The molecule has 1 aromatic carbocycles. The van der Waals surface area contributed by atoms with Crippen LogP contribution in [0.1, 0.15) is 5.56 Å². The van der Waals surface area contributed by atoms with Crippen molar-refractivity contribution in [1.82, 2.24) is 0 Å². The first-order valence-corrected chi connectivity index (χ1v) is 6.76. The predicted octanol–water partition coefficient (Wildman–Crippen LogP) is 1.31. The van der Waals surface area contributed by atoms with E-state index in [1.807, 2.05) is 0 Å². The molecule has 0 aliphatic rings. The number of methoxy groups -OCH3 is 3. The lowest BCUT2D eigenvalue weighted by Crippen LogP contribution is -2.28. The van der Waals surface area contributed by atoms with Gasteiger partial charge in [-0.05, 0) is 24.1 Å². The molecule has 122 valence electrons. The van der Waals surface area contributed by atoms with Crippen molar-refractivity contribution in [2.45, 2.75) is 6.42 Å². The lowest BCUT2D eigenvalue weighted by Gasteiger charge is -2.13. The highest BCUT2D eigenvalue weighted by Crippen LogP contribution is 2.24. The molecule has 1 aromatic heterocycles. The maximum Gasteiger partial charge on any atom is 0.336 e. The van der Waals surface area contributed by atoms with E-state index in [0.29, 0.717) is 22.3 Å². The summed E-state index contributed by atoms with van der Waals surface area (Å²) in [5, 5.41) is 0.600. The molecule has 0 atom stereocenters. The van der Waals surface area contributed by atoms with Crippen molar-refractivity contribution in [3.05, 3.63) is 40.2 Å². The number of rotatable bonds is 5. The topological polar surface area (TPSA) is 92.0 Å². The summed E-state index contributed by atoms with van der Waals surface area (Å²) in [5.41, 5.74) is 0.203. The first-order chi connectivity index (χ1) is 11.0. The molecule has 0 saturated carbocycles. The van der Waals surface area contributed by atoms with E-state index in [0.717, 1.165) is 0 Å². The molecule has 0 aliphatic heterocycles. The molecule has 2 aromatic rings. The van der Waals surface area contributed by atoms with Crippen LogP contribution in [0.15, 0.2) is 33.5 Å². The highest BCUT2D eigenvalue weighted by molar-refractivity contribution is 5.95. The van der Waals surface area contributed by atoms with Gasteiger partial charge in [-0.25, -0.2) is 4.79 Å². The molecule has 7 heteroatoms. The van der Waals surface area contributed by atoms with E-state index in [1.54, 1.807) is 18.2 Å². The summed E-state index contributed by atoms with van der Waals surface area (Å²) in [6.07, 6.45) is -0.0340. The highest BCUT2D eigenvalue weighted by Gasteiger charge is 2.29. The standard InChI is InChI=1S/C16H16O7/c1-20-10-4-5-11-9(7-14(17)23-13(11)8-10)6-12(15(18)21-2)16(19)22-3/h4-5,7-8,12H,6H2,1-3H3. The molecule has 0 unspecified atom stereocenters. The molecule has 23 heavy (non-hydrogen) atoms. The van der Waals surface area contributed by atoms with Crippen molar-refractivity contribution in [1.29, 1.82) is 0 Å². The fourth-order valence-electron chi connectivity index (χ4n) is 2.27. The Bertz CT molecular complexity index is 775. The van der Waals surface area contributed by atoms with E-state index in [2.05, 4.69) is 9.47 Å². The summed E-state index contributed by atoms with van der Waals surface area (Å²) in [5.74, 6) is -2.09. The molecule has 0 radical (unpaired) electrons. The lowest BCUT2D eigenvalue weighted by atomic mass is 9.97. The van der Waals surface area contributed by atoms with Gasteiger partial charge in [-0.2, -0.15) is 0 Å². The van der Waals surface area contributed by atoms with Crippen LogP contribution in [-0.2, 0) is 25.5 Å². The van der Waals surface area contributed by atoms with Crippen LogP contribution in [0.2, 0.25) is 0 Å². The second-order valence-electron chi connectivity index (χ2n) is 4.76. The molecule has 0 spiro atoms. The van der Waals surface area contributed by atoms with E-state index < -0.39 is 23.5 Å². The van der Waals surface area contributed by atoms with Gasteiger partial charge in [0.2, 0.25) is 0 Å². The van der Waals surface area contributed by atoms with Crippen molar-refractivity contribution in [2.24, 2.45) is 5.92 Å². The smallest absolute Gasteiger partial charge is 0.336 e. The second-order valence-corrected chi connectivity index (χ2v) is 4.76. The molecule has 0 bridgehead atoms. The predicted molar refractivity (Wildman–Crippen MR) is 80.3 cm³/mol. The molecule has 0 saturated heterocycles. The van der Waals surface area contributed by atoms with Gasteiger partial charge in [-0.3, -0.25) is 9.59 Å². The second kappa shape index (κ2) is 6.95. The van der Waals surface area contributed by atoms with Crippen molar-refractivity contribution < 1.29 is 28.2 Å². The van der Waals surface area contributed by atoms with Crippen LogP contribution in [-0.4, -0.2) is 33.3 Å². The fourth-order valence-corrected chi connectivity index (χ4v) is 2.27. The SMILES string of the molecule is COC(=O)C(Cc1cc(=O)oc2cc(OC)ccc12)C(=O)OC. The number of fused-ring (bicyclic) bond motifs is 1. The number of carbonyl (C=O) groups excluding carboxylic acids is 2. The van der Waals surface area contributed by atoms with Crippen LogP contribution in [0.25, 0.3) is 11.0 Å². The normalized spacial score (nSPS) is 10.6. The maximum absolute atomic E-state index is 11.8. The summed E-state index contributed by atoms with van der Waals surface area (Å²) < 4.78 is 19.5. The Labute approximate surface area is 131 Å².